The summed E-state index contributed by atoms with van der Waals surface area (Å²) in [6.07, 6.45) is 12.8. The predicted molar refractivity (Wildman–Crippen MR) is 127 cm³/mol. The van der Waals surface area contributed by atoms with Gasteiger partial charge in [0.05, 0.1) is 23.0 Å². The first kappa shape index (κ1) is 22.0. The third-order valence-corrected chi connectivity index (χ3v) is 6.87. The molecule has 3 N–H and O–H groups in total. The van der Waals surface area contributed by atoms with E-state index in [0.717, 1.165) is 73.6 Å². The van der Waals surface area contributed by atoms with E-state index in [1.54, 1.807) is 12.4 Å². The van der Waals surface area contributed by atoms with Crippen LogP contribution in [0.1, 0.15) is 68.5 Å². The summed E-state index contributed by atoms with van der Waals surface area (Å²) in [6, 6.07) is 4.03. The van der Waals surface area contributed by atoms with Crippen molar-refractivity contribution in [2.24, 2.45) is 0 Å². The van der Waals surface area contributed by atoms with Crippen LogP contribution in [0.3, 0.4) is 0 Å². The van der Waals surface area contributed by atoms with Crippen molar-refractivity contribution < 1.29 is 9.84 Å². The first-order chi connectivity index (χ1) is 16.2. The number of hydrogen-bond donors (Lipinski definition) is 3. The highest BCUT2D eigenvalue weighted by molar-refractivity contribution is 5.86. The monoisotopic (exact) mass is 448 g/mol. The maximum atomic E-state index is 9.98. The van der Waals surface area contributed by atoms with Gasteiger partial charge in [-0.3, -0.25) is 4.98 Å². The number of piperidine rings is 1. The maximum Gasteiger partial charge on any atom is 0.224 e. The highest BCUT2D eigenvalue weighted by atomic mass is 16.5. The topological polar surface area (TPSA) is 105 Å². The third kappa shape index (κ3) is 5.07. The largest absolute Gasteiger partial charge is 0.474 e. The summed E-state index contributed by atoms with van der Waals surface area (Å²) in [4.78, 5) is 18.4. The third-order valence-electron chi connectivity index (χ3n) is 6.87. The number of fused-ring (bicyclic) bond motifs is 1. The van der Waals surface area contributed by atoms with Gasteiger partial charge in [-0.15, -0.1) is 0 Å². The van der Waals surface area contributed by atoms with Crippen LogP contribution >= 0.6 is 0 Å². The molecule has 5 rings (SSSR count). The molecule has 1 saturated carbocycles. The van der Waals surface area contributed by atoms with E-state index in [-0.39, 0.29) is 18.2 Å². The fourth-order valence-electron chi connectivity index (χ4n) is 4.87. The molecule has 0 radical (unpaired) electrons. The second kappa shape index (κ2) is 9.97. The number of aromatic nitrogens is 4. The zero-order valence-corrected chi connectivity index (χ0v) is 19.1. The molecule has 3 aromatic heterocycles. The van der Waals surface area contributed by atoms with Crippen molar-refractivity contribution in [2.45, 2.75) is 69.6 Å². The Labute approximate surface area is 194 Å². The van der Waals surface area contributed by atoms with Gasteiger partial charge in [0.15, 0.2) is 0 Å². The Morgan fingerprint density at radius 2 is 1.79 bits per heavy atom. The Morgan fingerprint density at radius 1 is 1.03 bits per heavy atom. The Kier molecular flexibility index (Phi) is 6.64. The van der Waals surface area contributed by atoms with Crippen molar-refractivity contribution >= 4 is 16.9 Å². The molecule has 174 valence electrons. The molecule has 1 saturated heterocycles. The molecule has 0 aromatic carbocycles. The molecule has 2 fully saturated rings. The molecule has 1 atom stereocenters. The second-order valence-electron chi connectivity index (χ2n) is 9.19. The van der Waals surface area contributed by atoms with Crippen LogP contribution in [-0.2, 0) is 0 Å². The number of aliphatic hydroxyl groups is 1. The number of ether oxygens (including phenoxy) is 1. The fourth-order valence-corrected chi connectivity index (χ4v) is 4.87. The van der Waals surface area contributed by atoms with Crippen LogP contribution in [-0.4, -0.2) is 50.3 Å². The summed E-state index contributed by atoms with van der Waals surface area (Å²) in [7, 11) is 0. The average Bonchev–Trinajstić information content (AvgIpc) is 2.86. The first-order valence-electron chi connectivity index (χ1n) is 12.0. The molecule has 0 amide bonds. The zero-order chi connectivity index (χ0) is 22.6. The quantitative estimate of drug-likeness (QED) is 0.524. The number of rotatable bonds is 6. The van der Waals surface area contributed by atoms with Gasteiger partial charge in [0, 0.05) is 30.4 Å². The summed E-state index contributed by atoms with van der Waals surface area (Å²) in [5, 5.41) is 17.6. The lowest BCUT2D eigenvalue weighted by Crippen LogP contribution is -2.34. The highest BCUT2D eigenvalue weighted by Gasteiger charge is 2.26. The minimum Gasteiger partial charge on any atom is -0.474 e. The lowest BCUT2D eigenvalue weighted by atomic mass is 9.83. The smallest absolute Gasteiger partial charge is 0.224 e. The van der Waals surface area contributed by atoms with Gasteiger partial charge in [0.25, 0.3) is 0 Å². The van der Waals surface area contributed by atoms with Crippen LogP contribution in [0.5, 0.6) is 5.88 Å². The van der Waals surface area contributed by atoms with E-state index >= 15 is 0 Å². The van der Waals surface area contributed by atoms with E-state index in [1.807, 2.05) is 24.5 Å². The van der Waals surface area contributed by atoms with Crippen molar-refractivity contribution in [1.29, 1.82) is 0 Å². The molecule has 0 spiro atoms. The molecule has 1 aliphatic carbocycles. The second-order valence-corrected chi connectivity index (χ2v) is 9.19. The Hall–Kier alpha value is -2.84. The van der Waals surface area contributed by atoms with Crippen LogP contribution < -0.4 is 15.4 Å². The highest BCUT2D eigenvalue weighted by Crippen LogP contribution is 2.38. The maximum absolute atomic E-state index is 9.98. The van der Waals surface area contributed by atoms with E-state index in [1.165, 1.54) is 0 Å². The number of nitrogens with one attached hydrogen (secondary N) is 2. The number of anilines is 1. The van der Waals surface area contributed by atoms with Gasteiger partial charge in [-0.25, -0.2) is 15.0 Å². The zero-order valence-electron chi connectivity index (χ0n) is 19.1. The van der Waals surface area contributed by atoms with Gasteiger partial charge < -0.3 is 20.5 Å². The normalized spacial score (nSPS) is 22.7. The molecule has 8 heteroatoms. The number of hydrogen-bond acceptors (Lipinski definition) is 8. The van der Waals surface area contributed by atoms with Gasteiger partial charge in [0.1, 0.15) is 6.10 Å². The van der Waals surface area contributed by atoms with Crippen LogP contribution in [0, 0.1) is 0 Å². The minimum absolute atomic E-state index is 0.0472. The summed E-state index contributed by atoms with van der Waals surface area (Å²) in [5.74, 6) is 1.53. The van der Waals surface area contributed by atoms with Crippen molar-refractivity contribution in [2.75, 3.05) is 18.4 Å². The molecule has 33 heavy (non-hydrogen) atoms. The van der Waals surface area contributed by atoms with Gasteiger partial charge in [-0.2, -0.15) is 0 Å². The Morgan fingerprint density at radius 3 is 2.55 bits per heavy atom. The molecule has 1 unspecified atom stereocenters. The molecule has 4 heterocycles. The van der Waals surface area contributed by atoms with Crippen LogP contribution in [0.25, 0.3) is 10.9 Å². The number of pyridine rings is 2. The lowest BCUT2D eigenvalue weighted by Gasteiger charge is -2.27. The minimum atomic E-state index is -0.198. The van der Waals surface area contributed by atoms with E-state index in [0.29, 0.717) is 17.7 Å². The van der Waals surface area contributed by atoms with Gasteiger partial charge in [-0.05, 0) is 82.2 Å². The van der Waals surface area contributed by atoms with E-state index in [2.05, 4.69) is 27.5 Å². The summed E-state index contributed by atoms with van der Waals surface area (Å²) in [6.45, 7) is 4.01. The molecule has 8 nitrogen and oxygen atoms in total. The summed E-state index contributed by atoms with van der Waals surface area (Å²) < 4.78 is 6.32. The van der Waals surface area contributed by atoms with Gasteiger partial charge >= 0.3 is 0 Å². The predicted octanol–water partition coefficient (Wildman–Crippen LogP) is 3.74. The fraction of sp³-hybridized carbons (Fsp3) is 0.520. The summed E-state index contributed by atoms with van der Waals surface area (Å²) >= 11 is 0. The average molecular weight is 449 g/mol. The number of nitrogens with zero attached hydrogens (tertiary/aromatic N) is 4. The molecule has 1 aliphatic heterocycles. The van der Waals surface area contributed by atoms with E-state index in [9.17, 15) is 5.11 Å². The van der Waals surface area contributed by atoms with Crippen LogP contribution in [0.4, 0.5) is 5.95 Å². The van der Waals surface area contributed by atoms with Crippen molar-refractivity contribution in [1.82, 2.24) is 25.3 Å². The molecular formula is C25H32N6O2. The molecule has 0 bridgehead atoms. The molecule has 3 aromatic rings. The number of aliphatic hydroxyl groups excluding tert-OH is 1. The van der Waals surface area contributed by atoms with Crippen LogP contribution in [0.15, 0.2) is 36.9 Å². The Bertz CT molecular complexity index is 1070. The van der Waals surface area contributed by atoms with E-state index < -0.39 is 0 Å². The van der Waals surface area contributed by atoms with Gasteiger partial charge in [0.2, 0.25) is 11.8 Å². The van der Waals surface area contributed by atoms with Crippen LogP contribution in [0.2, 0.25) is 0 Å². The van der Waals surface area contributed by atoms with Crippen molar-refractivity contribution in [3.63, 3.8) is 0 Å². The lowest BCUT2D eigenvalue weighted by molar-refractivity contribution is 0.122. The Balaban J connectivity index is 1.48. The standard InChI is InChI=1S/C25H32N6O2/c1-16(17-6-10-26-11-7-17)30-25-29-15-22-23(31-25)21(18-2-4-19(32)5-3-18)14-28-24(22)33-20-8-12-27-13-9-20/h6-7,10-11,14-16,18-20,27,32H,2-5,8-9,12-13H2,1H3,(H,29,30,31). The SMILES string of the molecule is CC(Nc1ncc2c(OC3CCNCC3)ncc(C3CCC(O)CC3)c2n1)c1ccncc1. The first-order valence-corrected chi connectivity index (χ1v) is 12.0. The van der Waals surface area contributed by atoms with Gasteiger partial charge in [-0.1, -0.05) is 0 Å². The van der Waals surface area contributed by atoms with Crippen molar-refractivity contribution in [3.8, 4) is 5.88 Å². The molecular weight excluding hydrogens is 416 g/mol. The molecule has 2 aliphatic rings. The van der Waals surface area contributed by atoms with E-state index in [4.69, 9.17) is 14.7 Å². The van der Waals surface area contributed by atoms with Crippen molar-refractivity contribution in [3.05, 3.63) is 48.0 Å². The summed E-state index contributed by atoms with van der Waals surface area (Å²) in [5.41, 5.74) is 3.14.